The number of fused-ring (bicyclic) bond motifs is 1. The molecule has 3 heterocycles. The van der Waals surface area contributed by atoms with Crippen LogP contribution in [0.1, 0.15) is 6.42 Å². The normalized spacial score (nSPS) is 13.7. The highest BCUT2D eigenvalue weighted by atomic mass is 15.2. The van der Waals surface area contributed by atoms with Gasteiger partial charge in [-0.05, 0) is 36.8 Å². The van der Waals surface area contributed by atoms with Crippen LogP contribution in [-0.2, 0) is 0 Å². The number of hydrogen-bond acceptors (Lipinski definition) is 3. The molecule has 1 aliphatic rings. The van der Waals surface area contributed by atoms with Gasteiger partial charge in [0.05, 0.1) is 11.2 Å². The zero-order valence-electron chi connectivity index (χ0n) is 12.0. The summed E-state index contributed by atoms with van der Waals surface area (Å²) in [5.41, 5.74) is 4.10. The Morgan fingerprint density at radius 2 is 2.00 bits per heavy atom. The number of anilines is 1. The summed E-state index contributed by atoms with van der Waals surface area (Å²) in [4.78, 5) is 14.5. The lowest BCUT2D eigenvalue weighted by Crippen LogP contribution is -2.36. The smallest absolute Gasteiger partial charge is 0.271 e. The van der Waals surface area contributed by atoms with E-state index in [1.807, 2.05) is 12.1 Å². The van der Waals surface area contributed by atoms with E-state index in [1.54, 1.807) is 12.3 Å². The first kappa shape index (κ1) is 12.8. The maximum Gasteiger partial charge on any atom is 0.271 e. The van der Waals surface area contributed by atoms with E-state index in [1.165, 1.54) is 12.1 Å². The summed E-state index contributed by atoms with van der Waals surface area (Å²) >= 11 is 0. The molecule has 3 aromatic rings. The summed E-state index contributed by atoms with van der Waals surface area (Å²) in [6, 6.07) is 14.2. The molecular formula is C18H14N4. The molecule has 0 radical (unpaired) electrons. The summed E-state index contributed by atoms with van der Waals surface area (Å²) in [5, 5.41) is 0.954. The second kappa shape index (κ2) is 5.12. The van der Waals surface area contributed by atoms with Crippen molar-refractivity contribution in [1.82, 2.24) is 9.97 Å². The third-order valence-corrected chi connectivity index (χ3v) is 4.04. The van der Waals surface area contributed by atoms with E-state index in [4.69, 9.17) is 11.6 Å². The van der Waals surface area contributed by atoms with Crippen molar-refractivity contribution in [3.05, 3.63) is 60.1 Å². The van der Waals surface area contributed by atoms with Crippen LogP contribution < -0.4 is 4.90 Å². The van der Waals surface area contributed by atoms with Gasteiger partial charge in [0.25, 0.3) is 5.82 Å². The quantitative estimate of drug-likeness (QED) is 0.666. The van der Waals surface area contributed by atoms with Crippen LogP contribution in [-0.4, -0.2) is 23.1 Å². The molecule has 0 unspecified atom stereocenters. The number of aromatic nitrogens is 2. The first-order valence-corrected chi connectivity index (χ1v) is 7.33. The number of pyridine rings is 2. The van der Waals surface area contributed by atoms with Gasteiger partial charge in [0, 0.05) is 29.7 Å². The van der Waals surface area contributed by atoms with Crippen LogP contribution in [0.5, 0.6) is 0 Å². The molecule has 4 heteroatoms. The minimum atomic E-state index is 0.381. The van der Waals surface area contributed by atoms with E-state index in [0.29, 0.717) is 5.82 Å². The predicted molar refractivity (Wildman–Crippen MR) is 88.1 cm³/mol. The lowest BCUT2D eigenvalue weighted by atomic mass is 10.1. The van der Waals surface area contributed by atoms with Crippen molar-refractivity contribution >= 4 is 22.4 Å². The fourth-order valence-electron chi connectivity index (χ4n) is 2.66. The van der Waals surface area contributed by atoms with Crippen LogP contribution in [0, 0.1) is 6.57 Å². The van der Waals surface area contributed by atoms with Crippen molar-refractivity contribution in [1.29, 1.82) is 0 Å². The average Bonchev–Trinajstić information content (AvgIpc) is 2.52. The van der Waals surface area contributed by atoms with E-state index < -0.39 is 0 Å². The number of hydrogen-bond donors (Lipinski definition) is 0. The Morgan fingerprint density at radius 1 is 1.09 bits per heavy atom. The topological polar surface area (TPSA) is 33.4 Å². The number of rotatable bonds is 2. The number of benzene rings is 1. The maximum atomic E-state index is 7.07. The van der Waals surface area contributed by atoms with E-state index in [-0.39, 0.29) is 0 Å². The summed E-state index contributed by atoms with van der Waals surface area (Å²) in [6.45, 7) is 9.34. The van der Waals surface area contributed by atoms with Crippen LogP contribution >= 0.6 is 0 Å². The fourth-order valence-corrected chi connectivity index (χ4v) is 2.66. The number of nitrogens with zero attached hydrogens (tertiary/aromatic N) is 4. The van der Waals surface area contributed by atoms with Crippen molar-refractivity contribution in [3.8, 4) is 11.3 Å². The van der Waals surface area contributed by atoms with Gasteiger partial charge in [-0.3, -0.25) is 0 Å². The van der Waals surface area contributed by atoms with Gasteiger partial charge in [-0.1, -0.05) is 18.7 Å². The van der Waals surface area contributed by atoms with Crippen LogP contribution in [0.2, 0.25) is 0 Å². The van der Waals surface area contributed by atoms with E-state index in [9.17, 15) is 0 Å². The first-order chi connectivity index (χ1) is 10.8. The molecule has 22 heavy (non-hydrogen) atoms. The average molecular weight is 286 g/mol. The zero-order valence-corrected chi connectivity index (χ0v) is 12.0. The Labute approximate surface area is 128 Å². The third-order valence-electron chi connectivity index (χ3n) is 4.04. The lowest BCUT2D eigenvalue weighted by molar-refractivity contribution is 0.618. The molecule has 1 saturated heterocycles. The van der Waals surface area contributed by atoms with Crippen LogP contribution in [0.3, 0.4) is 0 Å². The molecule has 0 N–H and O–H groups in total. The van der Waals surface area contributed by atoms with Gasteiger partial charge in [-0.15, -0.1) is 4.98 Å². The third kappa shape index (κ3) is 2.17. The summed E-state index contributed by atoms with van der Waals surface area (Å²) in [7, 11) is 0. The molecule has 0 saturated carbocycles. The van der Waals surface area contributed by atoms with Crippen molar-refractivity contribution < 1.29 is 0 Å². The highest BCUT2D eigenvalue weighted by Gasteiger charge is 2.15. The highest BCUT2D eigenvalue weighted by molar-refractivity contribution is 5.83. The van der Waals surface area contributed by atoms with Crippen molar-refractivity contribution in [2.45, 2.75) is 6.42 Å². The van der Waals surface area contributed by atoms with Gasteiger partial charge < -0.3 is 9.74 Å². The largest absolute Gasteiger partial charge is 0.371 e. The summed E-state index contributed by atoms with van der Waals surface area (Å²) in [5.74, 6) is 0.381. The molecule has 0 bridgehead atoms. The molecule has 0 spiro atoms. The monoisotopic (exact) mass is 286 g/mol. The molecule has 2 aromatic heterocycles. The summed E-state index contributed by atoms with van der Waals surface area (Å²) in [6.07, 6.45) is 2.97. The molecule has 4 rings (SSSR count). The second-order valence-corrected chi connectivity index (χ2v) is 5.43. The molecule has 1 fully saturated rings. The van der Waals surface area contributed by atoms with Crippen molar-refractivity contribution in [3.63, 3.8) is 0 Å². The van der Waals surface area contributed by atoms with Gasteiger partial charge in [0.15, 0.2) is 0 Å². The van der Waals surface area contributed by atoms with E-state index in [0.717, 1.165) is 35.2 Å². The Kier molecular flexibility index (Phi) is 2.97. The highest BCUT2D eigenvalue weighted by Crippen LogP contribution is 2.28. The SMILES string of the molecule is [C-]#[N+]c1cc2nc(-c3cccc(N4CCC4)c3)ccc2cn1. The lowest BCUT2D eigenvalue weighted by Gasteiger charge is -2.33. The Morgan fingerprint density at radius 3 is 2.77 bits per heavy atom. The van der Waals surface area contributed by atoms with Gasteiger partial charge in [0.1, 0.15) is 6.20 Å². The maximum absolute atomic E-state index is 7.07. The van der Waals surface area contributed by atoms with Crippen LogP contribution in [0.15, 0.2) is 48.7 Å². The van der Waals surface area contributed by atoms with E-state index in [2.05, 4.69) is 39.0 Å². The Hall–Kier alpha value is -2.93. The second-order valence-electron chi connectivity index (χ2n) is 5.43. The molecule has 4 nitrogen and oxygen atoms in total. The molecule has 0 atom stereocenters. The van der Waals surface area contributed by atoms with Gasteiger partial charge in [-0.25, -0.2) is 4.98 Å². The minimum absolute atomic E-state index is 0.381. The van der Waals surface area contributed by atoms with E-state index >= 15 is 0 Å². The standard InChI is InChI=1S/C18H14N4/c1-19-18-11-17-14(12-20-18)6-7-16(21-17)13-4-2-5-15(10-13)22-8-3-9-22/h2,4-7,10-12H,3,8-9H2. The van der Waals surface area contributed by atoms with Crippen molar-refractivity contribution in [2.24, 2.45) is 0 Å². The zero-order chi connectivity index (χ0) is 14.9. The Bertz CT molecular complexity index is 891. The molecule has 0 aliphatic carbocycles. The molecule has 106 valence electrons. The predicted octanol–water partition coefficient (Wildman–Crippen LogP) is 4.06. The summed E-state index contributed by atoms with van der Waals surface area (Å²) < 4.78 is 0. The van der Waals surface area contributed by atoms with Crippen molar-refractivity contribution in [2.75, 3.05) is 18.0 Å². The van der Waals surface area contributed by atoms with Gasteiger partial charge in [-0.2, -0.15) is 0 Å². The van der Waals surface area contributed by atoms with Gasteiger partial charge in [0.2, 0.25) is 0 Å². The molecule has 1 aromatic carbocycles. The first-order valence-electron chi connectivity index (χ1n) is 7.33. The van der Waals surface area contributed by atoms with Crippen LogP contribution in [0.4, 0.5) is 11.5 Å². The minimum Gasteiger partial charge on any atom is -0.371 e. The Balaban J connectivity index is 1.78. The van der Waals surface area contributed by atoms with Gasteiger partial charge >= 0.3 is 0 Å². The van der Waals surface area contributed by atoms with Crippen LogP contribution in [0.25, 0.3) is 27.0 Å². The molecule has 1 aliphatic heterocycles. The molecule has 0 amide bonds. The fraction of sp³-hybridized carbons (Fsp3) is 0.167. The molecular weight excluding hydrogens is 272 g/mol.